The number of fused-ring (bicyclic) bond motifs is 1. The van der Waals surface area contributed by atoms with Crippen LogP contribution >= 0.6 is 11.6 Å². The molecule has 156 valence electrons. The van der Waals surface area contributed by atoms with Crippen LogP contribution in [-0.2, 0) is 19.5 Å². The molecule has 0 unspecified atom stereocenters. The van der Waals surface area contributed by atoms with Crippen LogP contribution in [0.5, 0.6) is 0 Å². The molecule has 5 nitrogen and oxygen atoms in total. The maximum absolute atomic E-state index is 13.7. The topological polar surface area (TPSA) is 52.7 Å². The summed E-state index contributed by atoms with van der Waals surface area (Å²) in [6.07, 6.45) is 3.94. The summed E-state index contributed by atoms with van der Waals surface area (Å²) in [4.78, 5) is 17.6. The van der Waals surface area contributed by atoms with E-state index in [1.165, 1.54) is 12.0 Å². The van der Waals surface area contributed by atoms with E-state index < -0.39 is 0 Å². The number of ketones is 1. The van der Waals surface area contributed by atoms with Crippen LogP contribution in [0.2, 0.25) is 5.02 Å². The van der Waals surface area contributed by atoms with Gasteiger partial charge >= 0.3 is 0 Å². The molecule has 0 bridgehead atoms. The minimum atomic E-state index is 0.0246. The molecule has 6 heteroatoms. The van der Waals surface area contributed by atoms with E-state index in [1.54, 1.807) is 11.0 Å². The zero-order valence-corrected chi connectivity index (χ0v) is 18.3. The van der Waals surface area contributed by atoms with E-state index in [0.717, 1.165) is 40.9 Å². The minimum Gasteiger partial charge on any atom is -0.340 e. The fourth-order valence-corrected chi connectivity index (χ4v) is 4.73. The number of benzene rings is 2. The normalized spacial score (nSPS) is 14.5. The highest BCUT2D eigenvalue weighted by Crippen LogP contribution is 2.47. The summed E-state index contributed by atoms with van der Waals surface area (Å²) in [5.74, 6) is 0.0246. The zero-order chi connectivity index (χ0) is 21.6. The Kier molecular flexibility index (Phi) is 4.78. The molecule has 3 heterocycles. The Bertz CT molecular complexity index is 1240. The Balaban J connectivity index is 1.78. The maximum atomic E-state index is 13.7. The van der Waals surface area contributed by atoms with E-state index in [-0.39, 0.29) is 17.7 Å². The van der Waals surface area contributed by atoms with E-state index in [1.807, 2.05) is 42.5 Å². The van der Waals surface area contributed by atoms with Crippen molar-refractivity contribution < 1.29 is 4.79 Å². The van der Waals surface area contributed by atoms with Crippen molar-refractivity contribution in [1.82, 2.24) is 19.3 Å². The van der Waals surface area contributed by atoms with Crippen molar-refractivity contribution in [3.63, 3.8) is 0 Å². The molecule has 0 aliphatic carbocycles. The first kappa shape index (κ1) is 19.8. The molecule has 0 saturated heterocycles. The number of nitrogens with zero attached hydrogens (tertiary/aromatic N) is 4. The molecule has 0 N–H and O–H groups in total. The van der Waals surface area contributed by atoms with Crippen molar-refractivity contribution in [3.8, 4) is 22.3 Å². The molecule has 0 fully saturated rings. The molecule has 1 aliphatic rings. The number of carbonyl (C=O) groups excluding carboxylic acids is 1. The van der Waals surface area contributed by atoms with Crippen LogP contribution in [0.4, 0.5) is 0 Å². The number of Topliss-reactive ketones (excluding diaryl/α,β-unsaturated/α-hetero) is 1. The summed E-state index contributed by atoms with van der Waals surface area (Å²) in [5, 5.41) is 4.82. The predicted octanol–water partition coefficient (Wildman–Crippen LogP) is 5.53. The molecule has 2 aromatic carbocycles. The number of halogens is 1. The smallest absolute Gasteiger partial charge is 0.201 e. The zero-order valence-electron chi connectivity index (χ0n) is 17.5. The second-order valence-electron chi connectivity index (χ2n) is 8.86. The maximum Gasteiger partial charge on any atom is 0.201 e. The number of hydrogen-bond donors (Lipinski definition) is 0. The van der Waals surface area contributed by atoms with Gasteiger partial charge < -0.3 is 4.57 Å². The standard InChI is InChI=1S/C25H23ClN4O/c1-25(2)12-20-22(17-6-4-3-5-7-17)23(18-8-10-19(26)11-9-18)24(30(20)14-25)21(31)13-29-16-27-15-28-29/h3-11,15-16H,12-14H2,1-2H3. The van der Waals surface area contributed by atoms with Crippen LogP contribution in [0.25, 0.3) is 22.3 Å². The summed E-state index contributed by atoms with van der Waals surface area (Å²) >= 11 is 6.17. The molecule has 5 rings (SSSR count). The monoisotopic (exact) mass is 430 g/mol. The lowest BCUT2D eigenvalue weighted by molar-refractivity contribution is 0.0958. The third kappa shape index (κ3) is 3.59. The summed E-state index contributed by atoms with van der Waals surface area (Å²) in [5.41, 5.74) is 6.24. The molecule has 1 aliphatic heterocycles. The molecule has 2 aromatic heterocycles. The minimum absolute atomic E-state index is 0.0246. The molecule has 0 spiro atoms. The first-order valence-electron chi connectivity index (χ1n) is 10.4. The Labute approximate surface area is 186 Å². The van der Waals surface area contributed by atoms with E-state index in [0.29, 0.717) is 5.02 Å². The molecule has 4 aromatic rings. The third-order valence-corrected chi connectivity index (χ3v) is 6.09. The van der Waals surface area contributed by atoms with Gasteiger partial charge in [0.05, 0.1) is 5.69 Å². The van der Waals surface area contributed by atoms with Gasteiger partial charge in [-0.3, -0.25) is 4.79 Å². The highest BCUT2D eigenvalue weighted by molar-refractivity contribution is 6.30. The van der Waals surface area contributed by atoms with Gasteiger partial charge in [0.25, 0.3) is 0 Å². The first-order valence-corrected chi connectivity index (χ1v) is 10.7. The van der Waals surface area contributed by atoms with Gasteiger partial charge in [-0.1, -0.05) is 67.9 Å². The van der Waals surface area contributed by atoms with E-state index in [9.17, 15) is 4.79 Å². The lowest BCUT2D eigenvalue weighted by Crippen LogP contribution is -2.19. The second-order valence-corrected chi connectivity index (χ2v) is 9.30. The van der Waals surface area contributed by atoms with Gasteiger partial charge in [-0.15, -0.1) is 0 Å². The Hall–Kier alpha value is -3.18. The largest absolute Gasteiger partial charge is 0.340 e. The highest BCUT2D eigenvalue weighted by atomic mass is 35.5. The summed E-state index contributed by atoms with van der Waals surface area (Å²) in [7, 11) is 0. The van der Waals surface area contributed by atoms with Crippen molar-refractivity contribution in [3.05, 3.63) is 83.7 Å². The van der Waals surface area contributed by atoms with Crippen LogP contribution in [0.15, 0.2) is 67.3 Å². The molecular weight excluding hydrogens is 408 g/mol. The Morgan fingerprint density at radius 1 is 1.03 bits per heavy atom. The number of aromatic nitrogens is 4. The molecule has 0 radical (unpaired) electrons. The van der Waals surface area contributed by atoms with Crippen LogP contribution in [0, 0.1) is 5.41 Å². The summed E-state index contributed by atoms with van der Waals surface area (Å²) in [6.45, 7) is 5.46. The van der Waals surface area contributed by atoms with Crippen LogP contribution in [0.3, 0.4) is 0 Å². The van der Waals surface area contributed by atoms with Gasteiger partial charge in [0.1, 0.15) is 19.2 Å². The fraction of sp³-hybridized carbons (Fsp3) is 0.240. The van der Waals surface area contributed by atoms with E-state index in [2.05, 4.69) is 40.6 Å². The molecular formula is C25H23ClN4O. The average molecular weight is 431 g/mol. The summed E-state index contributed by atoms with van der Waals surface area (Å²) < 4.78 is 3.81. The Morgan fingerprint density at radius 3 is 2.42 bits per heavy atom. The van der Waals surface area contributed by atoms with Gasteiger partial charge in [-0.2, -0.15) is 5.10 Å². The predicted molar refractivity (Wildman–Crippen MR) is 122 cm³/mol. The fourth-order valence-electron chi connectivity index (χ4n) is 4.60. The quantitative estimate of drug-likeness (QED) is 0.391. The lowest BCUT2D eigenvalue weighted by atomic mass is 9.86. The molecule has 0 atom stereocenters. The van der Waals surface area contributed by atoms with Gasteiger partial charge in [0.15, 0.2) is 0 Å². The van der Waals surface area contributed by atoms with Crippen LogP contribution in [0.1, 0.15) is 30.0 Å². The van der Waals surface area contributed by atoms with Crippen LogP contribution < -0.4 is 0 Å². The van der Waals surface area contributed by atoms with Crippen molar-refractivity contribution >= 4 is 17.4 Å². The highest BCUT2D eigenvalue weighted by Gasteiger charge is 2.37. The van der Waals surface area contributed by atoms with Crippen molar-refractivity contribution in [2.75, 3.05) is 0 Å². The lowest BCUT2D eigenvalue weighted by Gasteiger charge is -2.18. The number of carbonyl (C=O) groups is 1. The summed E-state index contributed by atoms with van der Waals surface area (Å²) in [6, 6.07) is 18.1. The van der Waals surface area contributed by atoms with Crippen molar-refractivity contribution in [1.29, 1.82) is 0 Å². The van der Waals surface area contributed by atoms with Gasteiger partial charge in [0.2, 0.25) is 5.78 Å². The molecule has 31 heavy (non-hydrogen) atoms. The van der Waals surface area contributed by atoms with Gasteiger partial charge in [0, 0.05) is 28.4 Å². The Morgan fingerprint density at radius 2 is 1.74 bits per heavy atom. The number of rotatable bonds is 5. The SMILES string of the molecule is CC1(C)Cc2c(-c3ccccc3)c(-c3ccc(Cl)cc3)c(C(=O)Cn3cncn3)n2C1. The first-order chi connectivity index (χ1) is 14.9. The third-order valence-electron chi connectivity index (χ3n) is 5.83. The van der Waals surface area contributed by atoms with Crippen molar-refractivity contribution in [2.45, 2.75) is 33.4 Å². The second kappa shape index (κ2) is 7.50. The van der Waals surface area contributed by atoms with Crippen LogP contribution in [-0.4, -0.2) is 25.1 Å². The average Bonchev–Trinajstić information content (AvgIpc) is 3.43. The number of hydrogen-bond acceptors (Lipinski definition) is 3. The van der Waals surface area contributed by atoms with E-state index in [4.69, 9.17) is 11.6 Å². The molecule has 0 saturated carbocycles. The van der Waals surface area contributed by atoms with Crippen molar-refractivity contribution in [2.24, 2.45) is 5.41 Å². The van der Waals surface area contributed by atoms with E-state index >= 15 is 0 Å². The van der Waals surface area contributed by atoms with Gasteiger partial charge in [-0.25, -0.2) is 9.67 Å². The van der Waals surface area contributed by atoms with Gasteiger partial charge in [-0.05, 0) is 35.1 Å². The molecule has 0 amide bonds.